The minimum Gasteiger partial charge on any atom is -0.494 e. The summed E-state index contributed by atoms with van der Waals surface area (Å²) in [6, 6.07) is 5.91. The Morgan fingerprint density at radius 1 is 1.35 bits per heavy atom. The number of ether oxygens (including phenoxy) is 1. The predicted molar refractivity (Wildman–Crippen MR) is 84.1 cm³/mol. The van der Waals surface area contributed by atoms with Gasteiger partial charge < -0.3 is 10.1 Å². The van der Waals surface area contributed by atoms with Gasteiger partial charge in [0.1, 0.15) is 0 Å². The van der Waals surface area contributed by atoms with Crippen molar-refractivity contribution < 1.29 is 9.13 Å². The molecule has 0 bridgehead atoms. The Bertz CT molecular complexity index is 440. The fourth-order valence-electron chi connectivity index (χ4n) is 2.94. The SMILES string of the molecule is COc1ccc(C(C)NC2CCCCC2SC)cc1F. The number of methoxy groups -OCH3 is 1. The molecule has 20 heavy (non-hydrogen) atoms. The van der Waals surface area contributed by atoms with E-state index in [9.17, 15) is 4.39 Å². The monoisotopic (exact) mass is 297 g/mol. The van der Waals surface area contributed by atoms with Gasteiger partial charge in [-0.1, -0.05) is 18.9 Å². The number of hydrogen-bond acceptors (Lipinski definition) is 3. The van der Waals surface area contributed by atoms with Crippen molar-refractivity contribution in [1.82, 2.24) is 5.32 Å². The molecule has 112 valence electrons. The van der Waals surface area contributed by atoms with Crippen molar-refractivity contribution in [3.8, 4) is 5.75 Å². The molecule has 0 heterocycles. The van der Waals surface area contributed by atoms with Crippen LogP contribution in [0.15, 0.2) is 18.2 Å². The molecule has 0 aromatic heterocycles. The zero-order chi connectivity index (χ0) is 14.5. The second-order valence-electron chi connectivity index (χ2n) is 5.45. The Morgan fingerprint density at radius 3 is 2.75 bits per heavy atom. The molecule has 1 aromatic carbocycles. The summed E-state index contributed by atoms with van der Waals surface area (Å²) >= 11 is 1.94. The average Bonchev–Trinajstić information content (AvgIpc) is 2.47. The van der Waals surface area contributed by atoms with Crippen LogP contribution in [0.2, 0.25) is 0 Å². The van der Waals surface area contributed by atoms with E-state index in [4.69, 9.17) is 4.74 Å². The van der Waals surface area contributed by atoms with Crippen molar-refractivity contribution in [2.24, 2.45) is 0 Å². The van der Waals surface area contributed by atoms with Crippen molar-refractivity contribution in [3.63, 3.8) is 0 Å². The van der Waals surface area contributed by atoms with Gasteiger partial charge in [-0.15, -0.1) is 0 Å². The summed E-state index contributed by atoms with van der Waals surface area (Å²) in [5, 5.41) is 4.35. The summed E-state index contributed by atoms with van der Waals surface area (Å²) in [6.45, 7) is 2.10. The number of thioether (sulfide) groups is 1. The van der Waals surface area contributed by atoms with E-state index in [1.54, 1.807) is 12.1 Å². The van der Waals surface area contributed by atoms with Gasteiger partial charge >= 0.3 is 0 Å². The summed E-state index contributed by atoms with van der Waals surface area (Å²) in [4.78, 5) is 0. The van der Waals surface area contributed by atoms with E-state index in [0.29, 0.717) is 17.0 Å². The van der Waals surface area contributed by atoms with Gasteiger partial charge in [0, 0.05) is 17.3 Å². The maximum Gasteiger partial charge on any atom is 0.165 e. The van der Waals surface area contributed by atoms with E-state index in [0.717, 1.165) is 5.56 Å². The number of halogens is 1. The maximum atomic E-state index is 13.8. The first-order valence-corrected chi connectivity index (χ1v) is 8.56. The molecule has 1 aromatic rings. The van der Waals surface area contributed by atoms with Crippen molar-refractivity contribution in [1.29, 1.82) is 0 Å². The molecule has 2 nitrogen and oxygen atoms in total. The van der Waals surface area contributed by atoms with Crippen LogP contribution in [0.4, 0.5) is 4.39 Å². The standard InChI is InChI=1S/C16H24FNOS/c1-11(12-8-9-15(19-2)13(17)10-12)18-14-6-4-5-7-16(14)20-3/h8-11,14,16,18H,4-7H2,1-3H3. The molecule has 0 radical (unpaired) electrons. The van der Waals surface area contributed by atoms with Gasteiger partial charge in [0.25, 0.3) is 0 Å². The molecule has 0 spiro atoms. The lowest BCUT2D eigenvalue weighted by molar-refractivity contribution is 0.354. The quantitative estimate of drug-likeness (QED) is 0.882. The maximum absolute atomic E-state index is 13.8. The molecule has 1 aliphatic carbocycles. The van der Waals surface area contributed by atoms with E-state index in [1.165, 1.54) is 32.8 Å². The van der Waals surface area contributed by atoms with Crippen LogP contribution >= 0.6 is 11.8 Å². The van der Waals surface area contributed by atoms with Crippen LogP contribution in [0, 0.1) is 5.82 Å². The fourth-order valence-corrected chi connectivity index (χ4v) is 3.88. The number of hydrogen-bond donors (Lipinski definition) is 1. The Labute approximate surface area is 125 Å². The highest BCUT2D eigenvalue weighted by Crippen LogP contribution is 2.29. The summed E-state index contributed by atoms with van der Waals surface area (Å²) in [6.07, 6.45) is 7.30. The van der Waals surface area contributed by atoms with Crippen LogP contribution in [-0.4, -0.2) is 24.7 Å². The largest absolute Gasteiger partial charge is 0.494 e. The Balaban J connectivity index is 2.03. The molecule has 1 N–H and O–H groups in total. The lowest BCUT2D eigenvalue weighted by Gasteiger charge is -2.33. The molecular weight excluding hydrogens is 273 g/mol. The minimum atomic E-state index is -0.288. The van der Waals surface area contributed by atoms with Crippen LogP contribution < -0.4 is 10.1 Å². The van der Waals surface area contributed by atoms with E-state index < -0.39 is 0 Å². The minimum absolute atomic E-state index is 0.160. The molecule has 1 saturated carbocycles. The lowest BCUT2D eigenvalue weighted by Crippen LogP contribution is -2.41. The third-order valence-corrected chi connectivity index (χ3v) is 5.31. The van der Waals surface area contributed by atoms with E-state index in [1.807, 2.05) is 17.8 Å². The van der Waals surface area contributed by atoms with E-state index in [-0.39, 0.29) is 11.9 Å². The van der Waals surface area contributed by atoms with Crippen molar-refractivity contribution in [2.75, 3.05) is 13.4 Å². The van der Waals surface area contributed by atoms with Crippen LogP contribution in [0.3, 0.4) is 0 Å². The second kappa shape index (κ2) is 7.32. The highest BCUT2D eigenvalue weighted by molar-refractivity contribution is 7.99. The zero-order valence-electron chi connectivity index (χ0n) is 12.5. The average molecular weight is 297 g/mol. The van der Waals surface area contributed by atoms with Gasteiger partial charge in [-0.2, -0.15) is 11.8 Å². The summed E-state index contributed by atoms with van der Waals surface area (Å²) in [5.74, 6) is 0.0179. The van der Waals surface area contributed by atoms with Gasteiger partial charge in [0.2, 0.25) is 0 Å². The summed E-state index contributed by atoms with van der Waals surface area (Å²) in [5.41, 5.74) is 0.980. The first-order valence-electron chi connectivity index (χ1n) is 7.28. The van der Waals surface area contributed by atoms with Crippen LogP contribution in [0.5, 0.6) is 5.75 Å². The first kappa shape index (κ1) is 15.6. The molecule has 1 fully saturated rings. The third kappa shape index (κ3) is 3.67. The highest BCUT2D eigenvalue weighted by atomic mass is 32.2. The molecule has 3 unspecified atom stereocenters. The van der Waals surface area contributed by atoms with Crippen molar-refractivity contribution in [3.05, 3.63) is 29.6 Å². The Hall–Kier alpha value is -0.740. The van der Waals surface area contributed by atoms with Crippen LogP contribution in [-0.2, 0) is 0 Å². The predicted octanol–water partition coefficient (Wildman–Crippen LogP) is 4.16. The zero-order valence-corrected chi connectivity index (χ0v) is 13.3. The number of nitrogens with one attached hydrogen (secondary N) is 1. The molecule has 0 saturated heterocycles. The van der Waals surface area contributed by atoms with E-state index in [2.05, 4.69) is 18.5 Å². The van der Waals surface area contributed by atoms with Gasteiger partial charge in [-0.25, -0.2) is 4.39 Å². The number of benzene rings is 1. The van der Waals surface area contributed by atoms with Crippen molar-refractivity contribution in [2.45, 2.75) is 49.9 Å². The molecule has 3 atom stereocenters. The molecule has 0 aliphatic heterocycles. The fraction of sp³-hybridized carbons (Fsp3) is 0.625. The smallest absolute Gasteiger partial charge is 0.165 e. The van der Waals surface area contributed by atoms with Gasteiger partial charge in [0.05, 0.1) is 7.11 Å². The highest BCUT2D eigenvalue weighted by Gasteiger charge is 2.25. The van der Waals surface area contributed by atoms with Crippen LogP contribution in [0.1, 0.15) is 44.2 Å². The van der Waals surface area contributed by atoms with Crippen LogP contribution in [0.25, 0.3) is 0 Å². The first-order chi connectivity index (χ1) is 9.65. The molecule has 4 heteroatoms. The Kier molecular flexibility index (Phi) is 5.73. The number of rotatable bonds is 5. The molecule has 0 amide bonds. The molecule has 1 aliphatic rings. The normalized spacial score (nSPS) is 24.4. The van der Waals surface area contributed by atoms with Gasteiger partial charge in [-0.05, 0) is 43.7 Å². The van der Waals surface area contributed by atoms with Gasteiger partial charge in [-0.3, -0.25) is 0 Å². The molecule has 2 rings (SSSR count). The third-order valence-electron chi connectivity index (χ3n) is 4.15. The van der Waals surface area contributed by atoms with Crippen molar-refractivity contribution >= 4 is 11.8 Å². The molecular formula is C16H24FNOS. The lowest BCUT2D eigenvalue weighted by atomic mass is 9.93. The Morgan fingerprint density at radius 2 is 2.10 bits per heavy atom. The van der Waals surface area contributed by atoms with E-state index >= 15 is 0 Å². The topological polar surface area (TPSA) is 21.3 Å². The van der Waals surface area contributed by atoms with Gasteiger partial charge in [0.15, 0.2) is 11.6 Å². The second-order valence-corrected chi connectivity index (χ2v) is 6.52. The summed E-state index contributed by atoms with van der Waals surface area (Å²) < 4.78 is 18.7. The summed E-state index contributed by atoms with van der Waals surface area (Å²) in [7, 11) is 1.49.